The smallest absolute Gasteiger partial charge is 0.265 e. The van der Waals surface area contributed by atoms with Crippen molar-refractivity contribution in [3.8, 4) is 11.5 Å². The SMILES string of the molecule is CC1Oc2ccccc2OC1C(=O)NCc1ccc2c(c1)CNC2.Cl. The number of halogens is 1. The van der Waals surface area contributed by atoms with Gasteiger partial charge in [-0.15, -0.1) is 12.4 Å². The van der Waals surface area contributed by atoms with E-state index < -0.39 is 6.10 Å². The number of amides is 1. The van der Waals surface area contributed by atoms with Gasteiger partial charge in [-0.1, -0.05) is 30.3 Å². The molecular weight excluding hydrogens is 340 g/mol. The molecule has 2 unspecified atom stereocenters. The molecule has 6 heteroatoms. The second-order valence-corrected chi connectivity index (χ2v) is 6.23. The molecule has 4 rings (SSSR count). The molecule has 0 fully saturated rings. The van der Waals surface area contributed by atoms with Crippen LogP contribution in [-0.2, 0) is 24.4 Å². The van der Waals surface area contributed by atoms with Gasteiger partial charge in [0.2, 0.25) is 6.10 Å². The van der Waals surface area contributed by atoms with Crippen LogP contribution in [0, 0.1) is 0 Å². The quantitative estimate of drug-likeness (QED) is 0.883. The fraction of sp³-hybridized carbons (Fsp3) is 0.316. The molecule has 0 spiro atoms. The first-order valence-corrected chi connectivity index (χ1v) is 8.22. The first kappa shape index (κ1) is 17.6. The molecule has 0 radical (unpaired) electrons. The van der Waals surface area contributed by atoms with Gasteiger partial charge in [-0.2, -0.15) is 0 Å². The fourth-order valence-corrected chi connectivity index (χ4v) is 3.15. The third-order valence-electron chi connectivity index (χ3n) is 4.47. The van der Waals surface area contributed by atoms with E-state index in [2.05, 4.69) is 28.8 Å². The second kappa shape index (κ2) is 7.33. The molecule has 25 heavy (non-hydrogen) atoms. The molecule has 0 saturated heterocycles. The van der Waals surface area contributed by atoms with Crippen LogP contribution in [0.1, 0.15) is 23.6 Å². The topological polar surface area (TPSA) is 59.6 Å². The minimum Gasteiger partial charge on any atom is -0.482 e. The Bertz CT molecular complexity index is 781. The zero-order chi connectivity index (χ0) is 16.5. The van der Waals surface area contributed by atoms with Crippen molar-refractivity contribution in [3.05, 3.63) is 59.2 Å². The van der Waals surface area contributed by atoms with E-state index in [4.69, 9.17) is 9.47 Å². The number of ether oxygens (including phenoxy) is 2. The van der Waals surface area contributed by atoms with Gasteiger partial charge in [0, 0.05) is 19.6 Å². The summed E-state index contributed by atoms with van der Waals surface area (Å²) >= 11 is 0. The van der Waals surface area contributed by atoms with E-state index in [1.807, 2.05) is 31.2 Å². The lowest BCUT2D eigenvalue weighted by molar-refractivity contribution is -0.133. The van der Waals surface area contributed by atoms with Gasteiger partial charge in [0.25, 0.3) is 5.91 Å². The summed E-state index contributed by atoms with van der Waals surface area (Å²) in [5.74, 6) is 1.13. The minimum atomic E-state index is -0.643. The van der Waals surface area contributed by atoms with Crippen LogP contribution < -0.4 is 20.1 Å². The normalized spacial score (nSPS) is 20.4. The average Bonchev–Trinajstić information content (AvgIpc) is 3.06. The van der Waals surface area contributed by atoms with E-state index in [1.54, 1.807) is 0 Å². The number of nitrogens with one attached hydrogen (secondary N) is 2. The van der Waals surface area contributed by atoms with Gasteiger partial charge >= 0.3 is 0 Å². The van der Waals surface area contributed by atoms with Crippen LogP contribution in [0.25, 0.3) is 0 Å². The zero-order valence-electron chi connectivity index (χ0n) is 14.0. The molecule has 0 bridgehead atoms. The Labute approximate surface area is 153 Å². The van der Waals surface area contributed by atoms with Crippen LogP contribution in [0.3, 0.4) is 0 Å². The molecule has 2 aromatic carbocycles. The van der Waals surface area contributed by atoms with Crippen LogP contribution in [0.4, 0.5) is 0 Å². The summed E-state index contributed by atoms with van der Waals surface area (Å²) in [6.07, 6.45) is -0.972. The summed E-state index contributed by atoms with van der Waals surface area (Å²) in [7, 11) is 0. The summed E-state index contributed by atoms with van der Waals surface area (Å²) in [5.41, 5.74) is 3.73. The summed E-state index contributed by atoms with van der Waals surface area (Å²) in [6.45, 7) is 4.15. The summed E-state index contributed by atoms with van der Waals surface area (Å²) in [6, 6.07) is 13.7. The van der Waals surface area contributed by atoms with Crippen molar-refractivity contribution in [1.82, 2.24) is 10.6 Å². The standard InChI is InChI=1S/C19H20N2O3.ClH/c1-12-18(24-17-5-3-2-4-16(17)23-12)19(22)21-9-13-6-7-14-10-20-11-15(14)8-13;/h2-8,12,18,20H,9-11H2,1H3,(H,21,22);1H. The van der Waals surface area contributed by atoms with Gasteiger partial charge in [-0.25, -0.2) is 0 Å². The molecule has 1 amide bonds. The van der Waals surface area contributed by atoms with Gasteiger partial charge in [0.05, 0.1) is 0 Å². The first-order valence-electron chi connectivity index (χ1n) is 8.22. The molecular formula is C19H21ClN2O3. The Morgan fingerprint density at radius 2 is 1.84 bits per heavy atom. The van der Waals surface area contributed by atoms with E-state index in [1.165, 1.54) is 11.1 Å². The Morgan fingerprint density at radius 1 is 1.12 bits per heavy atom. The molecule has 5 nitrogen and oxygen atoms in total. The molecule has 0 aromatic heterocycles. The zero-order valence-corrected chi connectivity index (χ0v) is 14.8. The lowest BCUT2D eigenvalue weighted by Gasteiger charge is -2.31. The van der Waals surface area contributed by atoms with Crippen molar-refractivity contribution in [1.29, 1.82) is 0 Å². The van der Waals surface area contributed by atoms with E-state index in [-0.39, 0.29) is 24.4 Å². The Hall–Kier alpha value is -2.24. The highest BCUT2D eigenvalue weighted by Crippen LogP contribution is 2.33. The van der Waals surface area contributed by atoms with Crippen LogP contribution in [0.2, 0.25) is 0 Å². The molecule has 132 valence electrons. The van der Waals surface area contributed by atoms with Crippen LogP contribution in [0.5, 0.6) is 11.5 Å². The molecule has 2 N–H and O–H groups in total. The molecule has 2 aliphatic heterocycles. The maximum absolute atomic E-state index is 12.5. The highest BCUT2D eigenvalue weighted by Gasteiger charge is 2.33. The second-order valence-electron chi connectivity index (χ2n) is 6.23. The Kier molecular flexibility index (Phi) is 5.16. The van der Waals surface area contributed by atoms with Crippen molar-refractivity contribution in [3.63, 3.8) is 0 Å². The summed E-state index contributed by atoms with van der Waals surface area (Å²) < 4.78 is 11.6. The number of para-hydroxylation sites is 2. The minimum absolute atomic E-state index is 0. The van der Waals surface area contributed by atoms with Crippen molar-refractivity contribution >= 4 is 18.3 Å². The number of benzene rings is 2. The van der Waals surface area contributed by atoms with E-state index >= 15 is 0 Å². The van der Waals surface area contributed by atoms with Crippen LogP contribution >= 0.6 is 12.4 Å². The van der Waals surface area contributed by atoms with Gasteiger partial charge in [-0.05, 0) is 35.7 Å². The maximum atomic E-state index is 12.5. The lowest BCUT2D eigenvalue weighted by atomic mass is 10.1. The van der Waals surface area contributed by atoms with Crippen LogP contribution in [0.15, 0.2) is 42.5 Å². The summed E-state index contributed by atoms with van der Waals surface area (Å²) in [4.78, 5) is 12.5. The lowest BCUT2D eigenvalue weighted by Crippen LogP contribution is -2.48. The van der Waals surface area contributed by atoms with Crippen molar-refractivity contribution < 1.29 is 14.3 Å². The summed E-state index contributed by atoms with van der Waals surface area (Å²) in [5, 5.41) is 6.28. The van der Waals surface area contributed by atoms with Crippen LogP contribution in [-0.4, -0.2) is 18.1 Å². The number of rotatable bonds is 3. The average molecular weight is 361 g/mol. The molecule has 2 aliphatic rings. The Morgan fingerprint density at radius 3 is 2.64 bits per heavy atom. The van der Waals surface area contributed by atoms with Gasteiger partial charge in [0.15, 0.2) is 11.5 Å². The Balaban J connectivity index is 0.00000182. The van der Waals surface area contributed by atoms with E-state index in [0.717, 1.165) is 18.7 Å². The van der Waals surface area contributed by atoms with Gasteiger partial charge in [-0.3, -0.25) is 4.79 Å². The van der Waals surface area contributed by atoms with E-state index in [9.17, 15) is 4.79 Å². The molecule has 0 aliphatic carbocycles. The monoisotopic (exact) mass is 360 g/mol. The number of fused-ring (bicyclic) bond motifs is 2. The predicted molar refractivity (Wildman–Crippen MR) is 97.0 cm³/mol. The van der Waals surface area contributed by atoms with E-state index in [0.29, 0.717) is 18.0 Å². The number of carbonyl (C=O) groups excluding carboxylic acids is 1. The first-order chi connectivity index (χ1) is 11.7. The largest absolute Gasteiger partial charge is 0.482 e. The van der Waals surface area contributed by atoms with Crippen molar-refractivity contribution in [2.45, 2.75) is 38.8 Å². The molecule has 0 saturated carbocycles. The number of hydrogen-bond acceptors (Lipinski definition) is 4. The molecule has 2 aromatic rings. The highest BCUT2D eigenvalue weighted by molar-refractivity contribution is 5.85. The molecule has 2 heterocycles. The predicted octanol–water partition coefficient (Wildman–Crippen LogP) is 2.56. The third-order valence-corrected chi connectivity index (χ3v) is 4.47. The fourth-order valence-electron chi connectivity index (χ4n) is 3.15. The highest BCUT2D eigenvalue weighted by atomic mass is 35.5. The third kappa shape index (κ3) is 3.57. The van der Waals surface area contributed by atoms with Crippen molar-refractivity contribution in [2.75, 3.05) is 0 Å². The van der Waals surface area contributed by atoms with Gasteiger partial charge < -0.3 is 20.1 Å². The van der Waals surface area contributed by atoms with Crippen molar-refractivity contribution in [2.24, 2.45) is 0 Å². The maximum Gasteiger partial charge on any atom is 0.265 e. The molecule has 2 atom stereocenters. The van der Waals surface area contributed by atoms with Gasteiger partial charge in [0.1, 0.15) is 6.10 Å². The number of carbonyl (C=O) groups is 1. The number of hydrogen-bond donors (Lipinski definition) is 2.